The zero-order valence-electron chi connectivity index (χ0n) is 12.5. The second-order valence-electron chi connectivity index (χ2n) is 5.34. The molecule has 1 aromatic rings. The molecule has 1 saturated heterocycles. The summed E-state index contributed by atoms with van der Waals surface area (Å²) >= 11 is 0. The SMILES string of the molecule is CCC(=O)O.CCC1CN(C)CC1(O)c1ccccc1. The van der Waals surface area contributed by atoms with E-state index in [4.69, 9.17) is 5.11 Å². The molecule has 0 aliphatic carbocycles. The van der Waals surface area contributed by atoms with E-state index in [9.17, 15) is 9.90 Å². The Hall–Kier alpha value is -1.39. The predicted octanol–water partition coefficient (Wildman–Crippen LogP) is 2.33. The lowest BCUT2D eigenvalue weighted by molar-refractivity contribution is -0.136. The number of rotatable bonds is 3. The van der Waals surface area contributed by atoms with E-state index < -0.39 is 11.6 Å². The van der Waals surface area contributed by atoms with Crippen molar-refractivity contribution in [3.63, 3.8) is 0 Å². The molecule has 4 heteroatoms. The van der Waals surface area contributed by atoms with Crippen LogP contribution in [0.2, 0.25) is 0 Å². The Morgan fingerprint density at radius 3 is 2.35 bits per heavy atom. The van der Waals surface area contributed by atoms with Crippen LogP contribution in [0, 0.1) is 5.92 Å². The third kappa shape index (κ3) is 4.05. The van der Waals surface area contributed by atoms with Gasteiger partial charge in [0, 0.05) is 25.4 Å². The standard InChI is InChI=1S/C13H19NO.C3H6O2/c1-3-11-9-14(2)10-13(11,15)12-7-5-4-6-8-12;1-2-3(4)5/h4-8,11,15H,3,9-10H2,1-2H3;2H2,1H3,(H,4,5). The Labute approximate surface area is 121 Å². The summed E-state index contributed by atoms with van der Waals surface area (Å²) in [6, 6.07) is 10.0. The van der Waals surface area contributed by atoms with Crippen LogP contribution in [-0.4, -0.2) is 41.2 Å². The topological polar surface area (TPSA) is 60.8 Å². The van der Waals surface area contributed by atoms with Crippen LogP contribution >= 0.6 is 0 Å². The van der Waals surface area contributed by atoms with E-state index in [2.05, 4.69) is 18.9 Å². The molecule has 0 bridgehead atoms. The number of carbonyl (C=O) groups is 1. The van der Waals surface area contributed by atoms with Crippen molar-refractivity contribution in [2.45, 2.75) is 32.3 Å². The number of carboxylic acids is 1. The van der Waals surface area contributed by atoms with Gasteiger partial charge in [-0.2, -0.15) is 0 Å². The minimum Gasteiger partial charge on any atom is -0.481 e. The summed E-state index contributed by atoms with van der Waals surface area (Å²) in [6.45, 7) is 5.48. The molecule has 1 heterocycles. The van der Waals surface area contributed by atoms with Crippen molar-refractivity contribution < 1.29 is 15.0 Å². The second-order valence-corrected chi connectivity index (χ2v) is 5.34. The highest BCUT2D eigenvalue weighted by Crippen LogP contribution is 2.37. The summed E-state index contributed by atoms with van der Waals surface area (Å²) in [6.07, 6.45) is 1.25. The van der Waals surface area contributed by atoms with Crippen LogP contribution in [-0.2, 0) is 10.4 Å². The van der Waals surface area contributed by atoms with Gasteiger partial charge in [0.05, 0.1) is 0 Å². The van der Waals surface area contributed by atoms with Gasteiger partial charge in [-0.3, -0.25) is 4.79 Å². The van der Waals surface area contributed by atoms with Gasteiger partial charge in [-0.1, -0.05) is 44.2 Å². The maximum atomic E-state index is 10.8. The molecule has 4 nitrogen and oxygen atoms in total. The summed E-state index contributed by atoms with van der Waals surface area (Å²) in [5, 5.41) is 18.5. The molecule has 0 saturated carbocycles. The van der Waals surface area contributed by atoms with Crippen molar-refractivity contribution in [3.8, 4) is 0 Å². The molecule has 2 rings (SSSR count). The van der Waals surface area contributed by atoms with E-state index in [-0.39, 0.29) is 6.42 Å². The van der Waals surface area contributed by atoms with Gasteiger partial charge in [-0.25, -0.2) is 0 Å². The Morgan fingerprint density at radius 1 is 1.35 bits per heavy atom. The fourth-order valence-corrected chi connectivity index (χ4v) is 2.65. The summed E-state index contributed by atoms with van der Waals surface area (Å²) < 4.78 is 0. The maximum absolute atomic E-state index is 10.8. The number of likely N-dealkylation sites (N-methyl/N-ethyl adjacent to an activating group) is 1. The van der Waals surface area contributed by atoms with Crippen LogP contribution in [0.1, 0.15) is 32.3 Å². The highest BCUT2D eigenvalue weighted by Gasteiger charge is 2.43. The number of aliphatic hydroxyl groups is 1. The zero-order chi connectivity index (χ0) is 15.2. The molecule has 2 unspecified atom stereocenters. The Kier molecular flexibility index (Phi) is 6.17. The molecule has 0 amide bonds. The molecule has 0 aromatic heterocycles. The van der Waals surface area contributed by atoms with Crippen molar-refractivity contribution in [2.75, 3.05) is 20.1 Å². The van der Waals surface area contributed by atoms with E-state index >= 15 is 0 Å². The number of nitrogens with zero attached hydrogens (tertiary/aromatic N) is 1. The van der Waals surface area contributed by atoms with Crippen LogP contribution in [0.4, 0.5) is 0 Å². The minimum absolute atomic E-state index is 0.222. The van der Waals surface area contributed by atoms with Gasteiger partial charge in [0.25, 0.3) is 0 Å². The van der Waals surface area contributed by atoms with Gasteiger partial charge in [-0.15, -0.1) is 0 Å². The predicted molar refractivity (Wildman–Crippen MR) is 79.5 cm³/mol. The molecular formula is C16H25NO3. The Bertz CT molecular complexity index is 421. The van der Waals surface area contributed by atoms with Crippen molar-refractivity contribution in [3.05, 3.63) is 35.9 Å². The van der Waals surface area contributed by atoms with E-state index in [1.165, 1.54) is 0 Å². The van der Waals surface area contributed by atoms with Crippen LogP contribution in [0.25, 0.3) is 0 Å². The Balaban J connectivity index is 0.000000347. The minimum atomic E-state index is -0.745. The second kappa shape index (κ2) is 7.41. The van der Waals surface area contributed by atoms with E-state index in [0.29, 0.717) is 5.92 Å². The largest absolute Gasteiger partial charge is 0.481 e. The fourth-order valence-electron chi connectivity index (χ4n) is 2.65. The van der Waals surface area contributed by atoms with Gasteiger partial charge in [-0.05, 0) is 19.0 Å². The molecule has 2 atom stereocenters. The number of benzene rings is 1. The fraction of sp³-hybridized carbons (Fsp3) is 0.562. The monoisotopic (exact) mass is 279 g/mol. The van der Waals surface area contributed by atoms with E-state index in [1.807, 2.05) is 30.3 Å². The summed E-state index contributed by atoms with van der Waals surface area (Å²) in [5.41, 5.74) is 0.409. The van der Waals surface area contributed by atoms with Crippen LogP contribution < -0.4 is 0 Å². The molecule has 112 valence electrons. The summed E-state index contributed by atoms with van der Waals surface area (Å²) in [5.74, 6) is -0.394. The van der Waals surface area contributed by atoms with E-state index in [0.717, 1.165) is 25.1 Å². The third-order valence-electron chi connectivity index (χ3n) is 3.79. The molecule has 20 heavy (non-hydrogen) atoms. The van der Waals surface area contributed by atoms with Crippen LogP contribution in [0.3, 0.4) is 0 Å². The van der Waals surface area contributed by atoms with E-state index in [1.54, 1.807) is 6.92 Å². The first-order valence-corrected chi connectivity index (χ1v) is 7.12. The smallest absolute Gasteiger partial charge is 0.303 e. The molecule has 2 N–H and O–H groups in total. The average Bonchev–Trinajstić information content (AvgIpc) is 2.76. The number of aliphatic carboxylic acids is 1. The first-order valence-electron chi connectivity index (χ1n) is 7.12. The molecular weight excluding hydrogens is 254 g/mol. The van der Waals surface area contributed by atoms with Gasteiger partial charge in [0.15, 0.2) is 0 Å². The van der Waals surface area contributed by atoms with Crippen molar-refractivity contribution >= 4 is 5.97 Å². The molecule has 0 radical (unpaired) electrons. The molecule has 1 aliphatic heterocycles. The molecule has 1 aromatic carbocycles. The van der Waals surface area contributed by atoms with Crippen LogP contribution in [0.5, 0.6) is 0 Å². The lowest BCUT2D eigenvalue weighted by atomic mass is 9.83. The van der Waals surface area contributed by atoms with Crippen molar-refractivity contribution in [1.82, 2.24) is 4.90 Å². The lowest BCUT2D eigenvalue weighted by Crippen LogP contribution is -2.34. The quantitative estimate of drug-likeness (QED) is 0.891. The number of hydrogen-bond acceptors (Lipinski definition) is 3. The molecule has 1 fully saturated rings. The third-order valence-corrected chi connectivity index (χ3v) is 3.79. The lowest BCUT2D eigenvalue weighted by Gasteiger charge is -2.29. The van der Waals surface area contributed by atoms with Crippen molar-refractivity contribution in [2.24, 2.45) is 5.92 Å². The number of β-amino-alcohol motifs (C(OH)–C–C–N with tert-alkyl or cyclic N) is 1. The number of likely N-dealkylation sites (tertiary alicyclic amines) is 1. The van der Waals surface area contributed by atoms with Gasteiger partial charge >= 0.3 is 5.97 Å². The maximum Gasteiger partial charge on any atom is 0.303 e. The molecule has 0 spiro atoms. The van der Waals surface area contributed by atoms with Gasteiger partial charge < -0.3 is 15.1 Å². The highest BCUT2D eigenvalue weighted by molar-refractivity contribution is 5.66. The Morgan fingerprint density at radius 2 is 1.90 bits per heavy atom. The highest BCUT2D eigenvalue weighted by atomic mass is 16.4. The van der Waals surface area contributed by atoms with Gasteiger partial charge in [0.2, 0.25) is 0 Å². The normalized spacial score (nSPS) is 25.9. The average molecular weight is 279 g/mol. The summed E-state index contributed by atoms with van der Waals surface area (Å²) in [7, 11) is 2.07. The number of hydrogen-bond donors (Lipinski definition) is 2. The van der Waals surface area contributed by atoms with Crippen molar-refractivity contribution in [1.29, 1.82) is 0 Å². The molecule has 1 aliphatic rings. The van der Waals surface area contributed by atoms with Crippen LogP contribution in [0.15, 0.2) is 30.3 Å². The zero-order valence-corrected chi connectivity index (χ0v) is 12.5. The summed E-state index contributed by atoms with van der Waals surface area (Å²) in [4.78, 5) is 11.6. The first kappa shape index (κ1) is 16.7. The van der Waals surface area contributed by atoms with Gasteiger partial charge in [0.1, 0.15) is 5.60 Å². The first-order chi connectivity index (χ1) is 9.43. The number of carboxylic acid groups (broad SMARTS) is 1.